The number of likely N-dealkylation sites (tertiary alicyclic amines) is 1. The number of hydrogen-bond acceptors (Lipinski definition) is 1. The molecule has 0 aromatic heterocycles. The largest absolute Gasteiger partial charge is 0.342 e. The van der Waals surface area contributed by atoms with Gasteiger partial charge in [-0.1, -0.05) is 6.92 Å². The number of hydrogen-bond donors (Lipinski definition) is 0. The molecule has 2 unspecified atom stereocenters. The molecule has 2 heteroatoms. The molecule has 0 bridgehead atoms. The summed E-state index contributed by atoms with van der Waals surface area (Å²) >= 11 is 0. The monoisotopic (exact) mass is 179 g/mol. The van der Waals surface area contributed by atoms with Gasteiger partial charge in [0.15, 0.2) is 0 Å². The highest BCUT2D eigenvalue weighted by molar-refractivity contribution is 5.83. The van der Waals surface area contributed by atoms with Crippen molar-refractivity contribution in [1.82, 2.24) is 4.90 Å². The lowest BCUT2D eigenvalue weighted by atomic mass is 10.2. The van der Waals surface area contributed by atoms with Crippen LogP contribution in [0.3, 0.4) is 0 Å². The van der Waals surface area contributed by atoms with Crippen LogP contribution < -0.4 is 0 Å². The van der Waals surface area contributed by atoms with Gasteiger partial charge in [-0.2, -0.15) is 0 Å². The minimum atomic E-state index is 0.442. The molecule has 2 aliphatic carbocycles. The molecule has 3 rings (SSSR count). The number of nitrogens with zero attached hydrogens (tertiary/aromatic N) is 1. The molecule has 2 atom stereocenters. The van der Waals surface area contributed by atoms with E-state index in [9.17, 15) is 4.79 Å². The summed E-state index contributed by atoms with van der Waals surface area (Å²) in [4.78, 5) is 14.0. The third kappa shape index (κ3) is 1.11. The Hall–Kier alpha value is -0.530. The van der Waals surface area contributed by atoms with Crippen molar-refractivity contribution in [3.63, 3.8) is 0 Å². The third-order valence-corrected chi connectivity index (χ3v) is 4.12. The van der Waals surface area contributed by atoms with Crippen molar-refractivity contribution in [1.29, 1.82) is 0 Å². The van der Waals surface area contributed by atoms with Gasteiger partial charge in [0.05, 0.1) is 0 Å². The Balaban J connectivity index is 1.63. The van der Waals surface area contributed by atoms with Crippen molar-refractivity contribution >= 4 is 5.91 Å². The van der Waals surface area contributed by atoms with E-state index in [4.69, 9.17) is 0 Å². The van der Waals surface area contributed by atoms with Gasteiger partial charge >= 0.3 is 0 Å². The van der Waals surface area contributed by atoms with Gasteiger partial charge in [-0.05, 0) is 37.0 Å². The maximum atomic E-state index is 11.9. The van der Waals surface area contributed by atoms with Gasteiger partial charge in [-0.25, -0.2) is 0 Å². The van der Waals surface area contributed by atoms with Crippen molar-refractivity contribution in [2.45, 2.75) is 32.6 Å². The Labute approximate surface area is 79.3 Å². The van der Waals surface area contributed by atoms with Crippen molar-refractivity contribution in [3.8, 4) is 0 Å². The molecule has 72 valence electrons. The SMILES string of the molecule is CC1CCN(C(=O)C2CC23CC3)C1. The predicted octanol–water partition coefficient (Wildman–Crippen LogP) is 1.65. The normalized spacial score (nSPS) is 39.6. The van der Waals surface area contributed by atoms with Crippen LogP contribution in [-0.4, -0.2) is 23.9 Å². The van der Waals surface area contributed by atoms with Crippen LogP contribution in [-0.2, 0) is 4.79 Å². The highest BCUT2D eigenvalue weighted by Crippen LogP contribution is 2.71. The smallest absolute Gasteiger partial charge is 0.226 e. The van der Waals surface area contributed by atoms with Crippen LogP contribution in [0.4, 0.5) is 0 Å². The molecule has 2 nitrogen and oxygen atoms in total. The highest BCUT2D eigenvalue weighted by Gasteiger charge is 2.66. The van der Waals surface area contributed by atoms with Crippen LogP contribution >= 0.6 is 0 Å². The molecule has 2 saturated carbocycles. The minimum Gasteiger partial charge on any atom is -0.342 e. The molecular formula is C11H17NO. The summed E-state index contributed by atoms with van der Waals surface area (Å²) in [7, 11) is 0. The summed E-state index contributed by atoms with van der Waals surface area (Å²) < 4.78 is 0. The molecule has 1 heterocycles. The zero-order valence-electron chi connectivity index (χ0n) is 8.25. The maximum Gasteiger partial charge on any atom is 0.226 e. The molecule has 3 fully saturated rings. The number of amides is 1. The van der Waals surface area contributed by atoms with E-state index in [2.05, 4.69) is 11.8 Å². The molecular weight excluding hydrogens is 162 g/mol. The van der Waals surface area contributed by atoms with E-state index < -0.39 is 0 Å². The molecule has 13 heavy (non-hydrogen) atoms. The summed E-state index contributed by atoms with van der Waals surface area (Å²) in [6, 6.07) is 0. The first kappa shape index (κ1) is 7.84. The number of rotatable bonds is 1. The van der Waals surface area contributed by atoms with Crippen LogP contribution in [0.15, 0.2) is 0 Å². The van der Waals surface area contributed by atoms with Gasteiger partial charge in [-0.15, -0.1) is 0 Å². The molecule has 0 radical (unpaired) electrons. The average Bonchev–Trinajstić information content (AvgIpc) is 3.00. The van der Waals surface area contributed by atoms with E-state index >= 15 is 0 Å². The lowest BCUT2D eigenvalue weighted by molar-refractivity contribution is -0.132. The molecule has 1 saturated heterocycles. The Morgan fingerprint density at radius 2 is 2.23 bits per heavy atom. The van der Waals surface area contributed by atoms with Crippen LogP contribution in [0.25, 0.3) is 0 Å². The molecule has 1 spiro atoms. The van der Waals surface area contributed by atoms with Gasteiger partial charge in [0, 0.05) is 19.0 Å². The summed E-state index contributed by atoms with van der Waals surface area (Å²) in [5, 5.41) is 0. The van der Waals surface area contributed by atoms with E-state index in [0.29, 0.717) is 17.2 Å². The van der Waals surface area contributed by atoms with E-state index in [1.807, 2.05) is 0 Å². The van der Waals surface area contributed by atoms with Crippen molar-refractivity contribution < 1.29 is 4.79 Å². The Morgan fingerprint density at radius 1 is 1.46 bits per heavy atom. The first-order valence-electron chi connectivity index (χ1n) is 5.50. The van der Waals surface area contributed by atoms with E-state index in [-0.39, 0.29) is 0 Å². The second kappa shape index (κ2) is 2.28. The van der Waals surface area contributed by atoms with E-state index in [0.717, 1.165) is 19.0 Å². The fourth-order valence-corrected chi connectivity index (χ4v) is 2.77. The summed E-state index contributed by atoms with van der Waals surface area (Å²) in [5.74, 6) is 1.65. The summed E-state index contributed by atoms with van der Waals surface area (Å²) in [6.45, 7) is 4.28. The maximum absolute atomic E-state index is 11.9. The van der Waals surface area contributed by atoms with Crippen LogP contribution in [0.2, 0.25) is 0 Å². The zero-order valence-corrected chi connectivity index (χ0v) is 8.25. The molecule has 3 aliphatic rings. The van der Waals surface area contributed by atoms with Gasteiger partial charge in [0.2, 0.25) is 5.91 Å². The summed E-state index contributed by atoms with van der Waals surface area (Å²) in [6.07, 6.45) is 5.07. The molecule has 0 N–H and O–H groups in total. The Morgan fingerprint density at radius 3 is 2.69 bits per heavy atom. The van der Waals surface area contributed by atoms with Gasteiger partial charge in [0.1, 0.15) is 0 Å². The first-order valence-corrected chi connectivity index (χ1v) is 5.50. The zero-order chi connectivity index (χ0) is 9.05. The van der Waals surface area contributed by atoms with Gasteiger partial charge in [0.25, 0.3) is 0 Å². The standard InChI is InChI=1S/C11H17NO/c1-8-2-5-12(7-8)10(13)9-6-11(9)3-4-11/h8-9H,2-7H2,1H3. The van der Waals surface area contributed by atoms with Crippen molar-refractivity contribution in [3.05, 3.63) is 0 Å². The predicted molar refractivity (Wildman–Crippen MR) is 50.1 cm³/mol. The number of carbonyl (C=O) groups excluding carboxylic acids is 1. The second-order valence-electron chi connectivity index (χ2n) is 5.30. The van der Waals surface area contributed by atoms with E-state index in [1.165, 1.54) is 25.7 Å². The number of carbonyl (C=O) groups is 1. The van der Waals surface area contributed by atoms with Gasteiger partial charge < -0.3 is 4.90 Å². The Kier molecular flexibility index (Phi) is 1.38. The topological polar surface area (TPSA) is 20.3 Å². The van der Waals surface area contributed by atoms with Gasteiger partial charge in [-0.3, -0.25) is 4.79 Å². The lowest BCUT2D eigenvalue weighted by Crippen LogP contribution is -2.30. The molecule has 0 aromatic rings. The fourth-order valence-electron chi connectivity index (χ4n) is 2.77. The Bertz CT molecular complexity index is 257. The fraction of sp³-hybridized carbons (Fsp3) is 0.909. The first-order chi connectivity index (χ1) is 6.21. The molecule has 0 aromatic carbocycles. The minimum absolute atomic E-state index is 0.442. The summed E-state index contributed by atoms with van der Waals surface area (Å²) in [5.41, 5.74) is 0.545. The molecule has 1 amide bonds. The average molecular weight is 179 g/mol. The van der Waals surface area contributed by atoms with Crippen molar-refractivity contribution in [2.24, 2.45) is 17.3 Å². The van der Waals surface area contributed by atoms with Crippen molar-refractivity contribution in [2.75, 3.05) is 13.1 Å². The van der Waals surface area contributed by atoms with Crippen LogP contribution in [0, 0.1) is 17.3 Å². The lowest BCUT2D eigenvalue weighted by Gasteiger charge is -2.15. The molecule has 1 aliphatic heterocycles. The second-order valence-corrected chi connectivity index (χ2v) is 5.30. The third-order valence-electron chi connectivity index (χ3n) is 4.12. The highest BCUT2D eigenvalue weighted by atomic mass is 16.2. The van der Waals surface area contributed by atoms with Crippen LogP contribution in [0.1, 0.15) is 32.6 Å². The quantitative estimate of drug-likeness (QED) is 0.599. The van der Waals surface area contributed by atoms with Crippen LogP contribution in [0.5, 0.6) is 0 Å². The van der Waals surface area contributed by atoms with E-state index in [1.54, 1.807) is 0 Å².